The van der Waals surface area contributed by atoms with Gasteiger partial charge in [-0.2, -0.15) is 0 Å². The topological polar surface area (TPSA) is 0 Å². The molecule has 1 saturated carbocycles. The van der Waals surface area contributed by atoms with E-state index in [1.54, 1.807) is 0 Å². The van der Waals surface area contributed by atoms with Crippen LogP contribution in [0.25, 0.3) is 0 Å². The van der Waals surface area contributed by atoms with Crippen molar-refractivity contribution in [3.8, 4) is 0 Å². The van der Waals surface area contributed by atoms with Crippen molar-refractivity contribution in [3.63, 3.8) is 0 Å². The maximum absolute atomic E-state index is 2.51. The van der Waals surface area contributed by atoms with Crippen LogP contribution in [0, 0.1) is 16.7 Å². The maximum Gasteiger partial charge on any atom is -0.0249 e. The largest absolute Gasteiger partial charge is 0.0651 e. The first kappa shape index (κ1) is 11.1. The van der Waals surface area contributed by atoms with Gasteiger partial charge in [-0.3, -0.25) is 0 Å². The number of hydrogen-bond donors (Lipinski definition) is 0. The Labute approximate surface area is 84.1 Å². The fourth-order valence-electron chi connectivity index (χ4n) is 3.37. The summed E-state index contributed by atoms with van der Waals surface area (Å²) in [5, 5.41) is 0. The first-order chi connectivity index (χ1) is 5.98. The number of hydrogen-bond acceptors (Lipinski definition) is 0. The van der Waals surface area contributed by atoms with Gasteiger partial charge < -0.3 is 0 Å². The molecular weight excluding hydrogens is 156 g/mol. The lowest BCUT2D eigenvalue weighted by atomic mass is 9.52. The van der Waals surface area contributed by atoms with Gasteiger partial charge in [-0.15, -0.1) is 0 Å². The summed E-state index contributed by atoms with van der Waals surface area (Å²) < 4.78 is 0. The van der Waals surface area contributed by atoms with E-state index in [0.29, 0.717) is 10.8 Å². The van der Waals surface area contributed by atoms with E-state index < -0.39 is 0 Å². The lowest BCUT2D eigenvalue weighted by Crippen LogP contribution is -2.44. The summed E-state index contributed by atoms with van der Waals surface area (Å²) in [4.78, 5) is 0. The zero-order chi connectivity index (χ0) is 10.1. The summed E-state index contributed by atoms with van der Waals surface area (Å²) in [5.41, 5.74) is 1.14. The fourth-order valence-corrected chi connectivity index (χ4v) is 3.37. The SMILES string of the molecule is CCC1CCCC(C)(C)C1(C)CC. The van der Waals surface area contributed by atoms with Crippen molar-refractivity contribution in [1.29, 1.82) is 0 Å². The van der Waals surface area contributed by atoms with Crippen LogP contribution < -0.4 is 0 Å². The van der Waals surface area contributed by atoms with E-state index in [2.05, 4.69) is 34.6 Å². The first-order valence-electron chi connectivity index (χ1n) is 5.98. The molecular formula is C13H26. The van der Waals surface area contributed by atoms with Crippen molar-refractivity contribution in [2.75, 3.05) is 0 Å². The highest BCUT2D eigenvalue weighted by Gasteiger charge is 2.46. The van der Waals surface area contributed by atoms with Crippen molar-refractivity contribution in [2.24, 2.45) is 16.7 Å². The minimum atomic E-state index is 0.556. The van der Waals surface area contributed by atoms with E-state index in [1.165, 1.54) is 32.1 Å². The maximum atomic E-state index is 2.51. The summed E-state index contributed by atoms with van der Waals surface area (Å²) in [5.74, 6) is 0.959. The van der Waals surface area contributed by atoms with Crippen LogP contribution in [0.2, 0.25) is 0 Å². The highest BCUT2D eigenvalue weighted by molar-refractivity contribution is 4.96. The van der Waals surface area contributed by atoms with Gasteiger partial charge >= 0.3 is 0 Å². The molecule has 1 fully saturated rings. The predicted octanol–water partition coefficient (Wildman–Crippen LogP) is 4.64. The van der Waals surface area contributed by atoms with Gasteiger partial charge in [0.15, 0.2) is 0 Å². The van der Waals surface area contributed by atoms with Gasteiger partial charge in [0.05, 0.1) is 0 Å². The summed E-state index contributed by atoms with van der Waals surface area (Å²) in [6, 6.07) is 0. The molecule has 0 nitrogen and oxygen atoms in total. The van der Waals surface area contributed by atoms with Gasteiger partial charge in [0.2, 0.25) is 0 Å². The van der Waals surface area contributed by atoms with Crippen LogP contribution in [-0.4, -0.2) is 0 Å². The molecule has 0 spiro atoms. The molecule has 0 saturated heterocycles. The molecule has 0 amide bonds. The zero-order valence-corrected chi connectivity index (χ0v) is 10.1. The van der Waals surface area contributed by atoms with Gasteiger partial charge in [0.1, 0.15) is 0 Å². The molecule has 2 atom stereocenters. The Kier molecular flexibility index (Phi) is 3.09. The first-order valence-corrected chi connectivity index (χ1v) is 5.98. The zero-order valence-electron chi connectivity index (χ0n) is 10.1. The van der Waals surface area contributed by atoms with E-state index in [-0.39, 0.29) is 0 Å². The van der Waals surface area contributed by atoms with E-state index in [0.717, 1.165) is 5.92 Å². The third-order valence-corrected chi connectivity index (χ3v) is 5.03. The summed E-state index contributed by atoms with van der Waals surface area (Å²) in [6.45, 7) is 12.2. The molecule has 0 radical (unpaired) electrons. The van der Waals surface area contributed by atoms with Gasteiger partial charge in [-0.25, -0.2) is 0 Å². The molecule has 0 aliphatic heterocycles. The van der Waals surface area contributed by atoms with E-state index in [1.807, 2.05) is 0 Å². The molecule has 0 aromatic rings. The monoisotopic (exact) mass is 182 g/mol. The van der Waals surface area contributed by atoms with E-state index >= 15 is 0 Å². The smallest absolute Gasteiger partial charge is 0.0249 e. The van der Waals surface area contributed by atoms with Crippen LogP contribution in [0.15, 0.2) is 0 Å². The summed E-state index contributed by atoms with van der Waals surface area (Å²) in [6.07, 6.45) is 7.05. The van der Waals surface area contributed by atoms with Gasteiger partial charge in [-0.1, -0.05) is 47.5 Å². The minimum Gasteiger partial charge on any atom is -0.0651 e. The molecule has 1 aliphatic rings. The Bertz CT molecular complexity index is 169. The average Bonchev–Trinajstić information content (AvgIpc) is 2.09. The Hall–Kier alpha value is 0. The molecule has 0 heterocycles. The second kappa shape index (κ2) is 3.63. The van der Waals surface area contributed by atoms with Crippen LogP contribution in [0.3, 0.4) is 0 Å². The molecule has 1 aliphatic carbocycles. The molecule has 0 heteroatoms. The normalized spacial score (nSPS) is 39.0. The molecule has 0 aromatic carbocycles. The van der Waals surface area contributed by atoms with Crippen molar-refractivity contribution in [1.82, 2.24) is 0 Å². The Morgan fingerprint density at radius 1 is 1.15 bits per heavy atom. The summed E-state index contributed by atoms with van der Waals surface area (Å²) >= 11 is 0. The van der Waals surface area contributed by atoms with Gasteiger partial charge in [0.25, 0.3) is 0 Å². The van der Waals surface area contributed by atoms with Crippen molar-refractivity contribution in [3.05, 3.63) is 0 Å². The third-order valence-electron chi connectivity index (χ3n) is 5.03. The lowest BCUT2D eigenvalue weighted by Gasteiger charge is -2.53. The molecule has 1 rings (SSSR count). The fraction of sp³-hybridized carbons (Fsp3) is 1.00. The lowest BCUT2D eigenvalue weighted by molar-refractivity contribution is -0.0309. The van der Waals surface area contributed by atoms with Gasteiger partial charge in [0, 0.05) is 0 Å². The third kappa shape index (κ3) is 1.65. The molecule has 0 aromatic heterocycles. The average molecular weight is 182 g/mol. The minimum absolute atomic E-state index is 0.556. The van der Waals surface area contributed by atoms with Crippen molar-refractivity contribution >= 4 is 0 Å². The molecule has 0 bridgehead atoms. The number of rotatable bonds is 2. The van der Waals surface area contributed by atoms with Crippen LogP contribution in [-0.2, 0) is 0 Å². The van der Waals surface area contributed by atoms with Crippen LogP contribution in [0.5, 0.6) is 0 Å². The van der Waals surface area contributed by atoms with E-state index in [4.69, 9.17) is 0 Å². The second-order valence-corrected chi connectivity index (χ2v) is 5.65. The van der Waals surface area contributed by atoms with Gasteiger partial charge in [-0.05, 0) is 36.0 Å². The summed E-state index contributed by atoms with van der Waals surface area (Å²) in [7, 11) is 0. The molecule has 13 heavy (non-hydrogen) atoms. The second-order valence-electron chi connectivity index (χ2n) is 5.65. The molecule has 0 N–H and O–H groups in total. The van der Waals surface area contributed by atoms with E-state index in [9.17, 15) is 0 Å². The Morgan fingerprint density at radius 3 is 2.15 bits per heavy atom. The van der Waals surface area contributed by atoms with Crippen LogP contribution in [0.4, 0.5) is 0 Å². The predicted molar refractivity (Wildman–Crippen MR) is 59.8 cm³/mol. The highest BCUT2D eigenvalue weighted by atomic mass is 14.5. The van der Waals surface area contributed by atoms with Crippen LogP contribution in [0.1, 0.15) is 66.7 Å². The van der Waals surface area contributed by atoms with Crippen molar-refractivity contribution in [2.45, 2.75) is 66.7 Å². The Balaban J connectivity index is 2.90. The van der Waals surface area contributed by atoms with Crippen LogP contribution >= 0.6 is 0 Å². The molecule has 78 valence electrons. The van der Waals surface area contributed by atoms with Crippen molar-refractivity contribution < 1.29 is 0 Å². The molecule has 2 unspecified atom stereocenters. The Morgan fingerprint density at radius 2 is 1.77 bits per heavy atom. The highest BCUT2D eigenvalue weighted by Crippen LogP contribution is 2.56. The standard InChI is InChI=1S/C13H26/c1-6-11-9-8-10-12(3,4)13(11,5)7-2/h11H,6-10H2,1-5H3. The quantitative estimate of drug-likeness (QED) is 0.583.